The molecule has 0 saturated heterocycles. The van der Waals surface area contributed by atoms with Crippen molar-refractivity contribution in [1.29, 1.82) is 0 Å². The lowest BCUT2D eigenvalue weighted by Crippen LogP contribution is -2.18. The van der Waals surface area contributed by atoms with Crippen LogP contribution in [-0.4, -0.2) is 21.0 Å². The molecule has 1 N–H and O–H groups in total. The van der Waals surface area contributed by atoms with Gasteiger partial charge in [0.25, 0.3) is 0 Å². The Morgan fingerprint density at radius 2 is 1.95 bits per heavy atom. The van der Waals surface area contributed by atoms with E-state index in [2.05, 4.69) is 9.97 Å². The highest BCUT2D eigenvalue weighted by molar-refractivity contribution is 5.94. The highest BCUT2D eigenvalue weighted by Crippen LogP contribution is 2.31. The molecule has 21 heavy (non-hydrogen) atoms. The Bertz CT molecular complexity index is 733. The van der Waals surface area contributed by atoms with Crippen LogP contribution in [0.5, 0.6) is 0 Å². The van der Waals surface area contributed by atoms with Crippen LogP contribution in [0.2, 0.25) is 0 Å². The number of carbonyl (C=O) groups excluding carboxylic acids is 1. The van der Waals surface area contributed by atoms with Gasteiger partial charge in [0.1, 0.15) is 12.2 Å². The van der Waals surface area contributed by atoms with Gasteiger partial charge in [-0.05, 0) is 32.4 Å². The average molecular weight is 284 g/mol. The SMILES string of the molecule is Cc1c(-c2cncc(C(C)(C)O)n2)ccc2c1COC2=O. The van der Waals surface area contributed by atoms with Crippen molar-refractivity contribution in [3.8, 4) is 11.3 Å². The third-order valence-electron chi connectivity index (χ3n) is 3.70. The molecule has 3 rings (SSSR count). The molecule has 0 radical (unpaired) electrons. The van der Waals surface area contributed by atoms with Gasteiger partial charge < -0.3 is 9.84 Å². The van der Waals surface area contributed by atoms with Crippen molar-refractivity contribution in [3.63, 3.8) is 0 Å². The summed E-state index contributed by atoms with van der Waals surface area (Å²) >= 11 is 0. The van der Waals surface area contributed by atoms with Crippen molar-refractivity contribution in [3.05, 3.63) is 46.9 Å². The molecule has 1 aliphatic heterocycles. The van der Waals surface area contributed by atoms with Crippen molar-refractivity contribution < 1.29 is 14.6 Å². The number of aliphatic hydroxyl groups is 1. The molecule has 5 nitrogen and oxygen atoms in total. The molecule has 0 fully saturated rings. The predicted octanol–water partition coefficient (Wildman–Crippen LogP) is 2.35. The van der Waals surface area contributed by atoms with Crippen LogP contribution < -0.4 is 0 Å². The number of nitrogens with zero attached hydrogens (tertiary/aromatic N) is 2. The van der Waals surface area contributed by atoms with Crippen LogP contribution >= 0.6 is 0 Å². The molecule has 0 unspecified atom stereocenters. The maximum atomic E-state index is 11.6. The predicted molar refractivity (Wildman–Crippen MR) is 76.6 cm³/mol. The second-order valence-electron chi connectivity index (χ2n) is 5.69. The topological polar surface area (TPSA) is 72.3 Å². The van der Waals surface area contributed by atoms with E-state index >= 15 is 0 Å². The molecule has 2 heterocycles. The third-order valence-corrected chi connectivity index (χ3v) is 3.70. The molecule has 0 amide bonds. The van der Waals surface area contributed by atoms with Crippen LogP contribution in [0.4, 0.5) is 0 Å². The summed E-state index contributed by atoms with van der Waals surface area (Å²) in [4.78, 5) is 20.2. The van der Waals surface area contributed by atoms with Gasteiger partial charge in [-0.3, -0.25) is 4.98 Å². The zero-order valence-corrected chi connectivity index (χ0v) is 12.2. The van der Waals surface area contributed by atoms with Gasteiger partial charge in [-0.1, -0.05) is 6.07 Å². The Hall–Kier alpha value is -2.27. The summed E-state index contributed by atoms with van der Waals surface area (Å²) in [6.07, 6.45) is 3.21. The van der Waals surface area contributed by atoms with E-state index in [9.17, 15) is 9.90 Å². The normalized spacial score (nSPS) is 14.0. The molecule has 0 spiro atoms. The summed E-state index contributed by atoms with van der Waals surface area (Å²) in [6, 6.07) is 3.60. The molecule has 108 valence electrons. The van der Waals surface area contributed by atoms with Gasteiger partial charge in [0.2, 0.25) is 0 Å². The van der Waals surface area contributed by atoms with E-state index in [1.165, 1.54) is 0 Å². The van der Waals surface area contributed by atoms with Crippen molar-refractivity contribution in [2.75, 3.05) is 0 Å². The first-order valence-electron chi connectivity index (χ1n) is 6.73. The van der Waals surface area contributed by atoms with E-state index in [-0.39, 0.29) is 5.97 Å². The highest BCUT2D eigenvalue weighted by Gasteiger charge is 2.25. The molecule has 1 aromatic heterocycles. The number of esters is 1. The van der Waals surface area contributed by atoms with Gasteiger partial charge in [-0.2, -0.15) is 0 Å². The maximum Gasteiger partial charge on any atom is 0.338 e. The summed E-state index contributed by atoms with van der Waals surface area (Å²) in [7, 11) is 0. The fourth-order valence-corrected chi connectivity index (χ4v) is 2.42. The first-order chi connectivity index (χ1) is 9.88. The van der Waals surface area contributed by atoms with Crippen molar-refractivity contribution in [2.45, 2.75) is 33.0 Å². The summed E-state index contributed by atoms with van der Waals surface area (Å²) in [5.74, 6) is -0.282. The largest absolute Gasteiger partial charge is 0.457 e. The zero-order valence-electron chi connectivity index (χ0n) is 12.2. The molecule has 1 aliphatic rings. The molecule has 1 aromatic carbocycles. The minimum absolute atomic E-state index is 0.282. The molecule has 5 heteroatoms. The molecular formula is C16H16N2O3. The first kappa shape index (κ1) is 13.7. The van der Waals surface area contributed by atoms with Gasteiger partial charge in [0.05, 0.1) is 29.3 Å². The van der Waals surface area contributed by atoms with Crippen LogP contribution in [0, 0.1) is 6.92 Å². The van der Waals surface area contributed by atoms with Gasteiger partial charge >= 0.3 is 5.97 Å². The smallest absolute Gasteiger partial charge is 0.338 e. The summed E-state index contributed by atoms with van der Waals surface area (Å²) in [5, 5.41) is 10.1. The van der Waals surface area contributed by atoms with Gasteiger partial charge in [-0.15, -0.1) is 0 Å². The van der Waals surface area contributed by atoms with E-state index in [0.29, 0.717) is 23.6 Å². The Morgan fingerprint density at radius 3 is 2.67 bits per heavy atom. The number of benzene rings is 1. The lowest BCUT2D eigenvalue weighted by molar-refractivity contribution is 0.0534. The standard InChI is InChI=1S/C16H16N2O3/c1-9-10(4-5-11-12(9)8-21-15(11)19)13-6-17-7-14(18-13)16(2,3)20/h4-7,20H,8H2,1-3H3. The second kappa shape index (κ2) is 4.63. The molecular weight excluding hydrogens is 268 g/mol. The van der Waals surface area contributed by atoms with Gasteiger partial charge in [0, 0.05) is 11.1 Å². The van der Waals surface area contributed by atoms with Crippen molar-refractivity contribution >= 4 is 5.97 Å². The molecule has 0 saturated carbocycles. The zero-order chi connectivity index (χ0) is 15.2. The highest BCUT2D eigenvalue weighted by atomic mass is 16.5. The Labute approximate surface area is 122 Å². The fraction of sp³-hybridized carbons (Fsp3) is 0.312. The number of hydrogen-bond donors (Lipinski definition) is 1. The van der Waals surface area contributed by atoms with Crippen molar-refractivity contribution in [1.82, 2.24) is 9.97 Å². The quantitative estimate of drug-likeness (QED) is 0.857. The Kier molecular flexibility index (Phi) is 3.02. The van der Waals surface area contributed by atoms with E-state index < -0.39 is 5.60 Å². The third kappa shape index (κ3) is 2.29. The number of carbonyl (C=O) groups is 1. The van der Waals surface area contributed by atoms with E-state index in [1.807, 2.05) is 13.0 Å². The van der Waals surface area contributed by atoms with Crippen LogP contribution in [0.15, 0.2) is 24.5 Å². The molecule has 2 aromatic rings. The van der Waals surface area contributed by atoms with Crippen LogP contribution in [0.25, 0.3) is 11.3 Å². The molecule has 0 bridgehead atoms. The average Bonchev–Trinajstić information content (AvgIpc) is 2.81. The maximum absolute atomic E-state index is 11.6. The van der Waals surface area contributed by atoms with Crippen LogP contribution in [0.3, 0.4) is 0 Å². The van der Waals surface area contributed by atoms with E-state index in [0.717, 1.165) is 16.7 Å². The summed E-state index contributed by atoms with van der Waals surface area (Å²) in [6.45, 7) is 5.58. The number of hydrogen-bond acceptors (Lipinski definition) is 5. The summed E-state index contributed by atoms with van der Waals surface area (Å²) in [5.41, 5.74) is 3.50. The first-order valence-corrected chi connectivity index (χ1v) is 6.73. The number of aromatic nitrogens is 2. The van der Waals surface area contributed by atoms with E-state index in [4.69, 9.17) is 4.74 Å². The van der Waals surface area contributed by atoms with Crippen molar-refractivity contribution in [2.24, 2.45) is 0 Å². The molecule has 0 atom stereocenters. The van der Waals surface area contributed by atoms with Crippen LogP contribution in [-0.2, 0) is 16.9 Å². The van der Waals surface area contributed by atoms with Gasteiger partial charge in [-0.25, -0.2) is 9.78 Å². The molecule has 0 aliphatic carbocycles. The number of cyclic esters (lactones) is 1. The fourth-order valence-electron chi connectivity index (χ4n) is 2.42. The number of rotatable bonds is 2. The minimum Gasteiger partial charge on any atom is -0.457 e. The minimum atomic E-state index is -1.05. The number of fused-ring (bicyclic) bond motifs is 1. The second-order valence-corrected chi connectivity index (χ2v) is 5.69. The Morgan fingerprint density at radius 1 is 1.24 bits per heavy atom. The lowest BCUT2D eigenvalue weighted by atomic mass is 9.96. The Balaban J connectivity index is 2.12. The van der Waals surface area contributed by atoms with Crippen LogP contribution in [0.1, 0.15) is 41.0 Å². The van der Waals surface area contributed by atoms with Gasteiger partial charge in [0.15, 0.2) is 0 Å². The lowest BCUT2D eigenvalue weighted by Gasteiger charge is -2.17. The number of ether oxygens (including phenoxy) is 1. The van der Waals surface area contributed by atoms with E-state index in [1.54, 1.807) is 32.3 Å². The monoisotopic (exact) mass is 284 g/mol. The summed E-state index contributed by atoms with van der Waals surface area (Å²) < 4.78 is 5.06.